The normalized spacial score (nSPS) is 14.7. The van der Waals surface area contributed by atoms with Crippen LogP contribution in [0.5, 0.6) is 0 Å². The fourth-order valence-corrected chi connectivity index (χ4v) is 3.14. The van der Waals surface area contributed by atoms with Gasteiger partial charge < -0.3 is 0 Å². The van der Waals surface area contributed by atoms with E-state index in [1.807, 2.05) is 0 Å². The highest BCUT2D eigenvalue weighted by Gasteiger charge is 2.17. The summed E-state index contributed by atoms with van der Waals surface area (Å²) in [6.07, 6.45) is 11.8. The zero-order chi connectivity index (χ0) is 14.5. The number of hydrogen-bond donors (Lipinski definition) is 0. The van der Waals surface area contributed by atoms with Crippen LogP contribution in [0, 0.1) is 0 Å². The summed E-state index contributed by atoms with van der Waals surface area (Å²) in [6, 6.07) is 8.44. The third kappa shape index (κ3) is 3.15. The van der Waals surface area contributed by atoms with Crippen LogP contribution in [0.25, 0.3) is 10.9 Å². The van der Waals surface area contributed by atoms with Crippen molar-refractivity contribution in [3.63, 3.8) is 0 Å². The van der Waals surface area contributed by atoms with Crippen molar-refractivity contribution in [1.29, 1.82) is 0 Å². The van der Waals surface area contributed by atoms with Crippen molar-refractivity contribution < 1.29 is 0 Å². The van der Waals surface area contributed by atoms with Crippen molar-refractivity contribution in [2.45, 2.75) is 58.3 Å². The van der Waals surface area contributed by atoms with Crippen molar-refractivity contribution in [3.05, 3.63) is 35.5 Å². The first-order valence-corrected chi connectivity index (χ1v) is 8.33. The van der Waals surface area contributed by atoms with E-state index in [-0.39, 0.29) is 0 Å². The molecule has 21 heavy (non-hydrogen) atoms. The van der Waals surface area contributed by atoms with Crippen LogP contribution in [0.2, 0.25) is 0 Å². The monoisotopic (exact) mass is 280 g/mol. The van der Waals surface area contributed by atoms with E-state index in [9.17, 15) is 0 Å². The van der Waals surface area contributed by atoms with Gasteiger partial charge in [-0.25, -0.2) is 0 Å². The number of hydrogen-bond acceptors (Lipinski definition) is 2. The lowest BCUT2D eigenvalue weighted by atomic mass is 9.93. The number of pyridine rings is 1. The highest BCUT2D eigenvalue weighted by Crippen LogP contribution is 2.35. The molecule has 1 aliphatic carbocycles. The molecule has 2 heteroatoms. The van der Waals surface area contributed by atoms with Gasteiger partial charge in [0.1, 0.15) is 0 Å². The van der Waals surface area contributed by atoms with Gasteiger partial charge in [-0.05, 0) is 50.2 Å². The van der Waals surface area contributed by atoms with Gasteiger partial charge in [0.05, 0.1) is 11.2 Å². The van der Waals surface area contributed by atoms with E-state index in [2.05, 4.69) is 37.4 Å². The van der Waals surface area contributed by atoms with Gasteiger partial charge in [0.15, 0.2) is 0 Å². The topological polar surface area (TPSA) is 25.2 Å². The summed E-state index contributed by atoms with van der Waals surface area (Å²) < 4.78 is 0. The first-order valence-electron chi connectivity index (χ1n) is 8.33. The lowest BCUT2D eigenvalue weighted by Gasteiger charge is -2.18. The van der Waals surface area contributed by atoms with Crippen molar-refractivity contribution in [2.75, 3.05) is 0 Å². The molecular formula is C19H24N2. The van der Waals surface area contributed by atoms with Gasteiger partial charge in [-0.3, -0.25) is 9.98 Å². The molecule has 0 saturated carbocycles. The number of benzene rings is 1. The molecule has 2 aromatic rings. The summed E-state index contributed by atoms with van der Waals surface area (Å²) in [5.74, 6) is 0. The maximum atomic E-state index is 4.86. The van der Waals surface area contributed by atoms with Gasteiger partial charge in [-0.15, -0.1) is 0 Å². The number of unbranched alkanes of at least 4 members (excludes halogenated alkanes) is 3. The number of aromatic nitrogens is 1. The van der Waals surface area contributed by atoms with E-state index in [0.717, 1.165) is 24.8 Å². The summed E-state index contributed by atoms with van der Waals surface area (Å²) in [5, 5.41) is 1.21. The number of fused-ring (bicyclic) bond motifs is 2. The molecule has 1 aromatic heterocycles. The first-order chi connectivity index (χ1) is 10.4. The summed E-state index contributed by atoms with van der Waals surface area (Å²) in [6.45, 7) is 2.24. The molecule has 0 saturated heterocycles. The highest BCUT2D eigenvalue weighted by atomic mass is 14.8. The van der Waals surface area contributed by atoms with Crippen molar-refractivity contribution >= 4 is 22.8 Å². The maximum Gasteiger partial charge on any atom is 0.0769 e. The summed E-state index contributed by atoms with van der Waals surface area (Å²) >= 11 is 0. The Balaban J connectivity index is 1.97. The molecule has 1 aliphatic rings. The summed E-state index contributed by atoms with van der Waals surface area (Å²) in [7, 11) is 0. The number of aliphatic imine (C=N–C) groups is 1. The number of aryl methyl sites for hydroxylation is 1. The Kier molecular flexibility index (Phi) is 4.64. The Bertz CT molecular complexity index is 643. The molecule has 110 valence electrons. The Morgan fingerprint density at radius 3 is 2.90 bits per heavy atom. The fraction of sp³-hybridized carbons (Fsp3) is 0.474. The molecule has 0 aliphatic heterocycles. The molecule has 0 N–H and O–H groups in total. The van der Waals surface area contributed by atoms with Crippen LogP contribution in [0.3, 0.4) is 0 Å². The second kappa shape index (κ2) is 6.84. The van der Waals surface area contributed by atoms with Gasteiger partial charge >= 0.3 is 0 Å². The van der Waals surface area contributed by atoms with E-state index < -0.39 is 0 Å². The van der Waals surface area contributed by atoms with E-state index in [4.69, 9.17) is 9.98 Å². The average molecular weight is 280 g/mol. The summed E-state index contributed by atoms with van der Waals surface area (Å²) in [4.78, 5) is 9.71. The third-order valence-electron chi connectivity index (χ3n) is 4.30. The van der Waals surface area contributed by atoms with Gasteiger partial charge in [-0.1, -0.05) is 38.0 Å². The van der Waals surface area contributed by atoms with E-state index in [0.29, 0.717) is 0 Å². The van der Waals surface area contributed by atoms with Crippen molar-refractivity contribution in [3.8, 4) is 0 Å². The van der Waals surface area contributed by atoms with Crippen molar-refractivity contribution in [1.82, 2.24) is 4.98 Å². The van der Waals surface area contributed by atoms with E-state index in [1.54, 1.807) is 0 Å². The minimum Gasteiger partial charge on any atom is -0.260 e. The highest BCUT2D eigenvalue weighted by molar-refractivity contribution is 5.93. The lowest BCUT2D eigenvalue weighted by molar-refractivity contribution is 0.672. The van der Waals surface area contributed by atoms with Gasteiger partial charge in [0.2, 0.25) is 0 Å². The molecule has 2 nitrogen and oxygen atoms in total. The molecule has 0 bridgehead atoms. The quantitative estimate of drug-likeness (QED) is 0.532. The molecule has 1 aromatic carbocycles. The lowest BCUT2D eigenvalue weighted by Crippen LogP contribution is -2.06. The molecule has 1 heterocycles. The van der Waals surface area contributed by atoms with E-state index in [1.165, 1.54) is 54.4 Å². The maximum absolute atomic E-state index is 4.86. The Hall–Kier alpha value is -1.70. The molecule has 0 fully saturated rings. The molecule has 3 rings (SSSR count). The van der Waals surface area contributed by atoms with Gasteiger partial charge in [0.25, 0.3) is 0 Å². The third-order valence-corrected chi connectivity index (χ3v) is 4.30. The van der Waals surface area contributed by atoms with Crippen LogP contribution in [0.4, 0.5) is 5.69 Å². The SMILES string of the molecule is CCCCC/C=N\c1c2c(nc3ccccc13)CCCC2. The molecule has 0 radical (unpaired) electrons. The van der Waals surface area contributed by atoms with Crippen molar-refractivity contribution in [2.24, 2.45) is 4.99 Å². The minimum absolute atomic E-state index is 1.08. The molecular weight excluding hydrogens is 256 g/mol. The Labute approximate surface area is 127 Å². The molecule has 0 unspecified atom stereocenters. The number of nitrogens with zero attached hydrogens (tertiary/aromatic N) is 2. The standard InChI is InChI=1S/C19H24N2/c1-2-3-4-9-14-20-19-15-10-5-7-12-17(15)21-18-13-8-6-11-16(18)19/h5,7,10,12,14H,2-4,6,8-9,11,13H2,1H3/b20-14-. The van der Waals surface area contributed by atoms with Crippen LogP contribution in [-0.2, 0) is 12.8 Å². The smallest absolute Gasteiger partial charge is 0.0769 e. The molecule has 0 atom stereocenters. The predicted molar refractivity (Wildman–Crippen MR) is 90.7 cm³/mol. The Morgan fingerprint density at radius 2 is 2.00 bits per heavy atom. The first kappa shape index (κ1) is 14.2. The van der Waals surface area contributed by atoms with Crippen LogP contribution < -0.4 is 0 Å². The van der Waals surface area contributed by atoms with Crippen LogP contribution in [0.1, 0.15) is 56.7 Å². The van der Waals surface area contributed by atoms with Crippen LogP contribution in [0.15, 0.2) is 29.3 Å². The second-order valence-corrected chi connectivity index (χ2v) is 5.92. The van der Waals surface area contributed by atoms with Crippen LogP contribution >= 0.6 is 0 Å². The van der Waals surface area contributed by atoms with Gasteiger partial charge in [0, 0.05) is 17.3 Å². The number of rotatable bonds is 5. The molecule has 0 amide bonds. The zero-order valence-electron chi connectivity index (χ0n) is 12.9. The second-order valence-electron chi connectivity index (χ2n) is 5.92. The predicted octanol–water partition coefficient (Wildman–Crippen LogP) is 5.40. The summed E-state index contributed by atoms with van der Waals surface area (Å²) in [5.41, 5.74) is 4.96. The fourth-order valence-electron chi connectivity index (χ4n) is 3.14. The van der Waals surface area contributed by atoms with Crippen LogP contribution in [-0.4, -0.2) is 11.2 Å². The minimum atomic E-state index is 1.08. The Morgan fingerprint density at radius 1 is 1.14 bits per heavy atom. The molecule has 0 spiro atoms. The van der Waals surface area contributed by atoms with E-state index >= 15 is 0 Å². The van der Waals surface area contributed by atoms with Gasteiger partial charge in [-0.2, -0.15) is 0 Å². The number of para-hydroxylation sites is 1. The average Bonchev–Trinajstić information content (AvgIpc) is 2.53. The zero-order valence-corrected chi connectivity index (χ0v) is 12.9. The largest absolute Gasteiger partial charge is 0.260 e.